The number of hydrogen-bond acceptors (Lipinski definition) is 3. The fourth-order valence-corrected chi connectivity index (χ4v) is 3.63. The third-order valence-electron chi connectivity index (χ3n) is 5.43. The summed E-state index contributed by atoms with van der Waals surface area (Å²) >= 11 is 0. The van der Waals surface area contributed by atoms with Crippen molar-refractivity contribution in [3.8, 4) is 5.69 Å². The maximum Gasteiger partial charge on any atom is 0.435 e. The summed E-state index contributed by atoms with van der Waals surface area (Å²) in [6, 6.07) is 15.7. The second kappa shape index (κ2) is 10.0. The summed E-state index contributed by atoms with van der Waals surface area (Å²) in [7, 11) is 0. The van der Waals surface area contributed by atoms with E-state index in [4.69, 9.17) is 6.57 Å². The summed E-state index contributed by atoms with van der Waals surface area (Å²) in [5.74, 6) is -0.980. The summed E-state index contributed by atoms with van der Waals surface area (Å²) in [4.78, 5) is 16.2. The molecule has 3 aromatic carbocycles. The number of anilines is 1. The van der Waals surface area contributed by atoms with Gasteiger partial charge in [0.25, 0.3) is 5.91 Å². The molecule has 0 saturated heterocycles. The number of hydrogen-bond donors (Lipinski definition) is 2. The molecule has 2 N–H and O–H groups in total. The topological polar surface area (TPSA) is 71.5 Å². The van der Waals surface area contributed by atoms with Crippen LogP contribution in [-0.2, 0) is 12.4 Å². The van der Waals surface area contributed by atoms with Crippen molar-refractivity contribution in [2.45, 2.75) is 18.5 Å². The zero-order valence-corrected chi connectivity index (χ0v) is 19.0. The van der Waals surface area contributed by atoms with Crippen LogP contribution >= 0.6 is 0 Å². The number of carbonyl (C=O) groups excluding carboxylic acids is 1. The number of aliphatic hydroxyl groups is 1. The molecule has 0 fully saturated rings. The molecule has 4 rings (SSSR count). The second-order valence-corrected chi connectivity index (χ2v) is 8.06. The third-order valence-corrected chi connectivity index (χ3v) is 5.43. The van der Waals surface area contributed by atoms with Crippen LogP contribution in [0.15, 0.2) is 78.9 Å². The monoisotopic (exact) mass is 530 g/mol. The maximum atomic E-state index is 13.4. The largest absolute Gasteiger partial charge is 0.435 e. The van der Waals surface area contributed by atoms with Gasteiger partial charge in [0.1, 0.15) is 11.8 Å². The van der Waals surface area contributed by atoms with Crippen LogP contribution in [0.4, 0.5) is 37.7 Å². The van der Waals surface area contributed by atoms with Gasteiger partial charge in [0.15, 0.2) is 11.4 Å². The Balaban J connectivity index is 1.65. The van der Waals surface area contributed by atoms with Gasteiger partial charge in [-0.3, -0.25) is 4.79 Å². The molecule has 1 unspecified atom stereocenters. The average Bonchev–Trinajstić information content (AvgIpc) is 3.35. The minimum Gasteiger partial charge on any atom is -0.384 e. The summed E-state index contributed by atoms with van der Waals surface area (Å²) in [5, 5.41) is 16.6. The van der Waals surface area contributed by atoms with Crippen molar-refractivity contribution in [2.24, 2.45) is 0 Å². The van der Waals surface area contributed by atoms with Crippen LogP contribution in [0.2, 0.25) is 0 Å². The third kappa shape index (κ3) is 5.68. The van der Waals surface area contributed by atoms with Gasteiger partial charge in [-0.2, -0.15) is 31.4 Å². The summed E-state index contributed by atoms with van der Waals surface area (Å²) in [6.07, 6.45) is -10.9. The van der Waals surface area contributed by atoms with E-state index >= 15 is 0 Å². The standard InChI is InChI=1S/C26H16F6N4O2/c1-33-18-8-4-10-20(13-18)36-21(14-22(35-36)26(30,31)32)24(38)34-19-9-3-6-16(12-19)23(37)15-5-2-7-17(11-15)25(27,28)29/h2-14,23,37H,(H,34,38). The number of carbonyl (C=O) groups is 1. The van der Waals surface area contributed by atoms with Crippen LogP contribution in [-0.4, -0.2) is 20.8 Å². The van der Waals surface area contributed by atoms with Gasteiger partial charge < -0.3 is 10.4 Å². The molecule has 0 bridgehead atoms. The first-order chi connectivity index (χ1) is 17.9. The lowest BCUT2D eigenvalue weighted by Gasteiger charge is -2.15. The highest BCUT2D eigenvalue weighted by Gasteiger charge is 2.36. The lowest BCUT2D eigenvalue weighted by molar-refractivity contribution is -0.141. The fourth-order valence-electron chi connectivity index (χ4n) is 3.63. The molecular weight excluding hydrogens is 514 g/mol. The Labute approximate surface area is 211 Å². The highest BCUT2D eigenvalue weighted by atomic mass is 19.4. The Bertz CT molecular complexity index is 1540. The Morgan fingerprint density at radius 3 is 2.21 bits per heavy atom. The van der Waals surface area contributed by atoms with Crippen molar-refractivity contribution in [2.75, 3.05) is 5.32 Å². The van der Waals surface area contributed by atoms with Crippen molar-refractivity contribution in [3.63, 3.8) is 0 Å². The predicted octanol–water partition coefficient (Wildman–Crippen LogP) is 6.79. The maximum absolute atomic E-state index is 13.4. The summed E-state index contributed by atoms with van der Waals surface area (Å²) in [6.45, 7) is 7.11. The number of aromatic nitrogens is 2. The van der Waals surface area contributed by atoms with E-state index in [1.807, 2.05) is 0 Å². The first-order valence-electron chi connectivity index (χ1n) is 10.8. The molecule has 4 aromatic rings. The van der Waals surface area contributed by atoms with Gasteiger partial charge in [0.2, 0.25) is 0 Å². The van der Waals surface area contributed by atoms with E-state index in [-0.39, 0.29) is 28.2 Å². The first kappa shape index (κ1) is 26.4. The molecule has 0 aliphatic rings. The number of halogens is 6. The van der Waals surface area contributed by atoms with Gasteiger partial charge >= 0.3 is 12.4 Å². The fraction of sp³-hybridized carbons (Fsp3) is 0.115. The number of alkyl halides is 6. The summed E-state index contributed by atoms with van der Waals surface area (Å²) in [5.41, 5.74) is -2.44. The van der Waals surface area contributed by atoms with Crippen LogP contribution in [0.5, 0.6) is 0 Å². The van der Waals surface area contributed by atoms with Gasteiger partial charge in [0, 0.05) is 11.8 Å². The highest BCUT2D eigenvalue weighted by Crippen LogP contribution is 2.33. The molecule has 1 aromatic heterocycles. The predicted molar refractivity (Wildman–Crippen MR) is 125 cm³/mol. The normalized spacial score (nSPS) is 12.6. The van der Waals surface area contributed by atoms with Crippen molar-refractivity contribution in [1.82, 2.24) is 9.78 Å². The lowest BCUT2D eigenvalue weighted by atomic mass is 9.99. The molecular formula is C26H16F6N4O2. The molecule has 6 nitrogen and oxygen atoms in total. The van der Waals surface area contributed by atoms with Crippen LogP contribution in [0.1, 0.15) is 39.0 Å². The Hall–Kier alpha value is -4.63. The van der Waals surface area contributed by atoms with Crippen LogP contribution < -0.4 is 5.32 Å². The first-order valence-corrected chi connectivity index (χ1v) is 10.8. The number of amides is 1. The molecule has 12 heteroatoms. The second-order valence-electron chi connectivity index (χ2n) is 8.06. The molecule has 38 heavy (non-hydrogen) atoms. The van der Waals surface area contributed by atoms with Crippen molar-refractivity contribution < 1.29 is 36.2 Å². The molecule has 0 saturated carbocycles. The van der Waals surface area contributed by atoms with Crippen molar-refractivity contribution in [3.05, 3.63) is 118 Å². The van der Waals surface area contributed by atoms with Crippen LogP contribution in [0, 0.1) is 6.57 Å². The van der Waals surface area contributed by atoms with E-state index in [2.05, 4.69) is 15.3 Å². The van der Waals surface area contributed by atoms with E-state index in [0.29, 0.717) is 6.07 Å². The van der Waals surface area contributed by atoms with Crippen LogP contribution in [0.3, 0.4) is 0 Å². The quantitative estimate of drug-likeness (QED) is 0.220. The van der Waals surface area contributed by atoms with E-state index < -0.39 is 41.3 Å². The van der Waals surface area contributed by atoms with E-state index in [1.54, 1.807) is 0 Å². The number of aliphatic hydroxyl groups excluding tert-OH is 1. The molecule has 0 spiro atoms. The Morgan fingerprint density at radius 2 is 1.55 bits per heavy atom. The van der Waals surface area contributed by atoms with Crippen molar-refractivity contribution >= 4 is 17.3 Å². The zero-order valence-electron chi connectivity index (χ0n) is 19.0. The molecule has 1 heterocycles. The molecule has 1 amide bonds. The molecule has 0 radical (unpaired) electrons. The van der Waals surface area contributed by atoms with Gasteiger partial charge in [-0.05, 0) is 47.5 Å². The SMILES string of the molecule is [C-]#[N+]c1cccc(-n2nc(C(F)(F)F)cc2C(=O)Nc2cccc(C(O)c3cccc(C(F)(F)F)c3)c2)c1. The minimum atomic E-state index is -4.85. The summed E-state index contributed by atoms with van der Waals surface area (Å²) < 4.78 is 80.1. The highest BCUT2D eigenvalue weighted by molar-refractivity contribution is 6.03. The zero-order chi connectivity index (χ0) is 27.7. The minimum absolute atomic E-state index is 0.0455. The molecule has 1 atom stereocenters. The van der Waals surface area contributed by atoms with E-state index in [0.717, 1.165) is 22.9 Å². The molecule has 194 valence electrons. The van der Waals surface area contributed by atoms with Gasteiger partial charge in [-0.1, -0.05) is 36.4 Å². The average molecular weight is 530 g/mol. The molecule has 0 aliphatic carbocycles. The lowest BCUT2D eigenvalue weighted by Crippen LogP contribution is -2.17. The number of benzene rings is 3. The Morgan fingerprint density at radius 1 is 0.895 bits per heavy atom. The van der Waals surface area contributed by atoms with E-state index in [9.17, 15) is 36.2 Å². The number of rotatable bonds is 5. The number of nitrogens with zero attached hydrogens (tertiary/aromatic N) is 3. The van der Waals surface area contributed by atoms with E-state index in [1.165, 1.54) is 54.6 Å². The molecule has 0 aliphatic heterocycles. The van der Waals surface area contributed by atoms with Gasteiger partial charge in [-0.25, -0.2) is 9.53 Å². The van der Waals surface area contributed by atoms with Crippen LogP contribution in [0.25, 0.3) is 10.5 Å². The van der Waals surface area contributed by atoms with Crippen molar-refractivity contribution in [1.29, 1.82) is 0 Å². The number of nitrogens with one attached hydrogen (secondary N) is 1. The smallest absolute Gasteiger partial charge is 0.384 e. The Kier molecular flexibility index (Phi) is 6.97. The van der Waals surface area contributed by atoms with Gasteiger partial charge in [0.05, 0.1) is 17.8 Å². The van der Waals surface area contributed by atoms with Gasteiger partial charge in [-0.15, -0.1) is 0 Å².